The smallest absolute Gasteiger partial charge is 0.393 e. The molecule has 0 amide bonds. The van der Waals surface area contributed by atoms with Gasteiger partial charge in [-0.05, 0) is 26.8 Å². The lowest BCUT2D eigenvalue weighted by Gasteiger charge is -2.06. The molecule has 98 valence electrons. The van der Waals surface area contributed by atoms with Gasteiger partial charge in [-0.2, -0.15) is 4.98 Å². The Morgan fingerprint density at radius 2 is 2.24 bits per heavy atom. The quantitative estimate of drug-likeness (QED) is 0.671. The first kappa shape index (κ1) is 14.0. The Kier molecular flexibility index (Phi) is 6.65. The second-order valence-electron chi connectivity index (χ2n) is 4.05. The molecule has 1 aromatic heterocycles. The van der Waals surface area contributed by atoms with Crippen molar-refractivity contribution in [2.45, 2.75) is 39.8 Å². The first-order valence-electron chi connectivity index (χ1n) is 6.12. The molecule has 0 saturated heterocycles. The molecule has 1 rings (SSSR count). The van der Waals surface area contributed by atoms with Gasteiger partial charge < -0.3 is 19.2 Å². The van der Waals surface area contributed by atoms with Crippen molar-refractivity contribution in [1.29, 1.82) is 0 Å². The highest BCUT2D eigenvalue weighted by atomic mass is 16.6. The maximum atomic E-state index is 5.34. The fraction of sp³-hybridized carbons (Fsp3) is 0.750. The minimum absolute atomic E-state index is 0.219. The van der Waals surface area contributed by atoms with Crippen molar-refractivity contribution in [2.24, 2.45) is 0 Å². The molecular weight excluding hydrogens is 220 g/mol. The van der Waals surface area contributed by atoms with Crippen LogP contribution in [0.3, 0.4) is 0 Å². The highest BCUT2D eigenvalue weighted by Gasteiger charge is 2.04. The summed E-state index contributed by atoms with van der Waals surface area (Å²) in [4.78, 5) is 4.19. The van der Waals surface area contributed by atoms with Crippen LogP contribution in [-0.2, 0) is 11.3 Å². The lowest BCUT2D eigenvalue weighted by atomic mass is 10.4. The first-order valence-corrected chi connectivity index (χ1v) is 6.12. The average Bonchev–Trinajstić information content (AvgIpc) is 2.73. The van der Waals surface area contributed by atoms with Crippen molar-refractivity contribution >= 4 is 0 Å². The summed E-state index contributed by atoms with van der Waals surface area (Å²) >= 11 is 0. The summed E-state index contributed by atoms with van der Waals surface area (Å²) in [7, 11) is 0. The number of rotatable bonds is 9. The minimum Gasteiger partial charge on any atom is -0.448 e. The number of hydrogen-bond donors (Lipinski definition) is 1. The van der Waals surface area contributed by atoms with E-state index in [1.165, 1.54) is 0 Å². The highest BCUT2D eigenvalue weighted by molar-refractivity contribution is 4.99. The van der Waals surface area contributed by atoms with Crippen LogP contribution in [0.2, 0.25) is 0 Å². The van der Waals surface area contributed by atoms with E-state index in [2.05, 4.69) is 17.2 Å². The summed E-state index contributed by atoms with van der Waals surface area (Å²) in [6.45, 7) is 8.79. The van der Waals surface area contributed by atoms with Gasteiger partial charge in [0, 0.05) is 6.54 Å². The van der Waals surface area contributed by atoms with E-state index in [1.807, 2.05) is 13.8 Å². The van der Waals surface area contributed by atoms with Gasteiger partial charge in [-0.15, -0.1) is 0 Å². The summed E-state index contributed by atoms with van der Waals surface area (Å²) in [6, 6.07) is 0. The molecule has 0 aliphatic carbocycles. The SMILES string of the molecule is CCCNCc1coc(OCCOC(C)C)n1. The van der Waals surface area contributed by atoms with E-state index < -0.39 is 0 Å². The number of oxazole rings is 1. The van der Waals surface area contributed by atoms with Crippen molar-refractivity contribution < 1.29 is 13.9 Å². The van der Waals surface area contributed by atoms with Crippen molar-refractivity contribution in [3.05, 3.63) is 12.0 Å². The fourth-order valence-corrected chi connectivity index (χ4v) is 1.24. The molecule has 0 aliphatic rings. The first-order chi connectivity index (χ1) is 8.22. The Balaban J connectivity index is 2.16. The molecule has 17 heavy (non-hydrogen) atoms. The number of nitrogens with one attached hydrogen (secondary N) is 1. The molecule has 0 bridgehead atoms. The van der Waals surface area contributed by atoms with Gasteiger partial charge >= 0.3 is 6.08 Å². The molecule has 0 atom stereocenters. The summed E-state index contributed by atoms with van der Waals surface area (Å²) in [5.74, 6) is 0. The second kappa shape index (κ2) is 8.08. The molecule has 0 aromatic carbocycles. The third kappa shape index (κ3) is 6.28. The zero-order valence-corrected chi connectivity index (χ0v) is 10.9. The van der Waals surface area contributed by atoms with Gasteiger partial charge in [-0.3, -0.25) is 0 Å². The minimum atomic E-state index is 0.219. The largest absolute Gasteiger partial charge is 0.448 e. The zero-order chi connectivity index (χ0) is 12.5. The van der Waals surface area contributed by atoms with Crippen molar-refractivity contribution in [3.63, 3.8) is 0 Å². The second-order valence-corrected chi connectivity index (χ2v) is 4.05. The van der Waals surface area contributed by atoms with E-state index >= 15 is 0 Å². The van der Waals surface area contributed by atoms with Crippen LogP contribution in [0, 0.1) is 0 Å². The van der Waals surface area contributed by atoms with Crippen LogP contribution in [0.15, 0.2) is 10.7 Å². The van der Waals surface area contributed by atoms with Crippen LogP contribution >= 0.6 is 0 Å². The third-order valence-electron chi connectivity index (χ3n) is 2.02. The van der Waals surface area contributed by atoms with Gasteiger partial charge in [0.2, 0.25) is 0 Å². The van der Waals surface area contributed by atoms with Gasteiger partial charge in [-0.25, -0.2) is 0 Å². The molecular formula is C12H22N2O3. The standard InChI is InChI=1S/C12H22N2O3/c1-4-5-13-8-11-9-17-12(14-11)16-7-6-15-10(2)3/h9-10,13H,4-8H2,1-3H3. The Hall–Kier alpha value is -1.07. The van der Waals surface area contributed by atoms with Crippen LogP contribution in [0.25, 0.3) is 0 Å². The summed E-state index contributed by atoms with van der Waals surface area (Å²) < 4.78 is 15.8. The zero-order valence-electron chi connectivity index (χ0n) is 10.9. The van der Waals surface area contributed by atoms with Gasteiger partial charge in [-0.1, -0.05) is 6.92 Å². The van der Waals surface area contributed by atoms with E-state index in [9.17, 15) is 0 Å². The molecule has 0 aliphatic heterocycles. The fourth-order valence-electron chi connectivity index (χ4n) is 1.24. The monoisotopic (exact) mass is 242 g/mol. The molecule has 5 heteroatoms. The molecule has 0 spiro atoms. The lowest BCUT2D eigenvalue weighted by molar-refractivity contribution is 0.0480. The summed E-state index contributed by atoms with van der Waals surface area (Å²) in [5, 5.41) is 3.24. The maximum Gasteiger partial charge on any atom is 0.393 e. The van der Waals surface area contributed by atoms with E-state index in [1.54, 1.807) is 6.26 Å². The predicted octanol–water partition coefficient (Wildman–Crippen LogP) is 1.98. The molecule has 0 fully saturated rings. The van der Waals surface area contributed by atoms with Gasteiger partial charge in [0.15, 0.2) is 0 Å². The van der Waals surface area contributed by atoms with E-state index in [-0.39, 0.29) is 6.10 Å². The lowest BCUT2D eigenvalue weighted by Crippen LogP contribution is -2.14. The highest BCUT2D eigenvalue weighted by Crippen LogP contribution is 2.09. The molecule has 5 nitrogen and oxygen atoms in total. The molecule has 0 radical (unpaired) electrons. The molecule has 1 N–H and O–H groups in total. The summed E-state index contributed by atoms with van der Waals surface area (Å²) in [5.41, 5.74) is 0.859. The van der Waals surface area contributed by atoms with Gasteiger partial charge in [0.05, 0.1) is 18.4 Å². The normalized spacial score (nSPS) is 11.1. The number of ether oxygens (including phenoxy) is 2. The van der Waals surface area contributed by atoms with Crippen LogP contribution in [0.1, 0.15) is 32.9 Å². The van der Waals surface area contributed by atoms with Crippen molar-refractivity contribution in [2.75, 3.05) is 19.8 Å². The van der Waals surface area contributed by atoms with E-state index in [0.29, 0.717) is 25.8 Å². The van der Waals surface area contributed by atoms with E-state index in [4.69, 9.17) is 13.9 Å². The molecule has 0 unspecified atom stereocenters. The predicted molar refractivity (Wildman–Crippen MR) is 65.1 cm³/mol. The summed E-state index contributed by atoms with van der Waals surface area (Å²) in [6.07, 6.45) is 3.25. The van der Waals surface area contributed by atoms with Crippen molar-refractivity contribution in [3.8, 4) is 6.08 Å². The Morgan fingerprint density at radius 1 is 1.41 bits per heavy atom. The van der Waals surface area contributed by atoms with E-state index in [0.717, 1.165) is 18.7 Å². The number of nitrogens with zero attached hydrogens (tertiary/aromatic N) is 1. The Bertz CT molecular complexity index is 300. The van der Waals surface area contributed by atoms with Gasteiger partial charge in [0.25, 0.3) is 0 Å². The van der Waals surface area contributed by atoms with Crippen LogP contribution in [-0.4, -0.2) is 30.8 Å². The molecule has 0 saturated carbocycles. The third-order valence-corrected chi connectivity index (χ3v) is 2.02. The average molecular weight is 242 g/mol. The molecule has 1 aromatic rings. The van der Waals surface area contributed by atoms with Gasteiger partial charge in [0.1, 0.15) is 12.9 Å². The van der Waals surface area contributed by atoms with Crippen LogP contribution < -0.4 is 10.1 Å². The number of hydrogen-bond acceptors (Lipinski definition) is 5. The maximum absolute atomic E-state index is 5.34. The molecule has 1 heterocycles. The van der Waals surface area contributed by atoms with Crippen molar-refractivity contribution in [1.82, 2.24) is 10.3 Å². The Labute approximate surface area is 103 Å². The number of aromatic nitrogens is 1. The topological polar surface area (TPSA) is 56.5 Å². The van der Waals surface area contributed by atoms with Crippen LogP contribution in [0.5, 0.6) is 6.08 Å². The Morgan fingerprint density at radius 3 is 2.94 bits per heavy atom. The van der Waals surface area contributed by atoms with Crippen LogP contribution in [0.4, 0.5) is 0 Å².